The minimum Gasteiger partial charge on any atom is -0.462 e. The Kier molecular flexibility index (Phi) is 6.64. The van der Waals surface area contributed by atoms with Crippen LogP contribution in [0, 0.1) is 45.8 Å². The van der Waals surface area contributed by atoms with E-state index in [9.17, 15) is 4.79 Å². The number of carbonyl (C=O) groups excluding carboxylic acids is 1. The van der Waals surface area contributed by atoms with Crippen molar-refractivity contribution < 1.29 is 14.3 Å². The molecule has 3 fully saturated rings. The van der Waals surface area contributed by atoms with Crippen LogP contribution >= 0.6 is 0 Å². The van der Waals surface area contributed by atoms with Crippen LogP contribution in [0.1, 0.15) is 99.3 Å². The lowest BCUT2D eigenvalue weighted by molar-refractivity contribution is -0.148. The first-order valence-electron chi connectivity index (χ1n) is 13.4. The summed E-state index contributed by atoms with van der Waals surface area (Å²) >= 11 is 0. The molecule has 0 amide bonds. The number of hydrogen-bond acceptors (Lipinski definition) is 3. The number of methoxy groups -OCH3 is 1. The van der Waals surface area contributed by atoms with E-state index in [1.165, 1.54) is 44.9 Å². The predicted molar refractivity (Wildman–Crippen MR) is 130 cm³/mol. The Labute approximate surface area is 197 Å². The highest BCUT2D eigenvalue weighted by Crippen LogP contribution is 2.67. The number of carbonyl (C=O) groups is 1. The number of esters is 1. The summed E-state index contributed by atoms with van der Waals surface area (Å²) in [6.07, 6.45) is 14.0. The average Bonchev–Trinajstić information content (AvgIpc) is 3.05. The van der Waals surface area contributed by atoms with Crippen LogP contribution in [-0.4, -0.2) is 25.8 Å². The molecular weight excluding hydrogens is 396 g/mol. The molecular formula is C29H48O3. The van der Waals surface area contributed by atoms with Crippen LogP contribution in [0.3, 0.4) is 0 Å². The van der Waals surface area contributed by atoms with Gasteiger partial charge in [0.1, 0.15) is 6.10 Å². The molecule has 182 valence electrons. The van der Waals surface area contributed by atoms with Gasteiger partial charge in [-0.1, -0.05) is 46.3 Å². The first-order valence-corrected chi connectivity index (χ1v) is 13.4. The fraction of sp³-hybridized carbons (Fsp3) is 0.897. The monoisotopic (exact) mass is 444 g/mol. The van der Waals surface area contributed by atoms with E-state index < -0.39 is 0 Å². The lowest BCUT2D eigenvalue weighted by Gasteiger charge is -2.58. The Hall–Kier alpha value is -0.830. The van der Waals surface area contributed by atoms with E-state index in [1.807, 2.05) is 7.11 Å². The zero-order valence-corrected chi connectivity index (χ0v) is 21.8. The van der Waals surface area contributed by atoms with Crippen molar-refractivity contribution in [2.75, 3.05) is 13.7 Å². The zero-order valence-electron chi connectivity index (χ0n) is 21.8. The Morgan fingerprint density at radius 1 is 1.16 bits per heavy atom. The lowest BCUT2D eigenvalue weighted by atomic mass is 9.47. The predicted octanol–water partition coefficient (Wildman–Crippen LogP) is 7.20. The van der Waals surface area contributed by atoms with Crippen molar-refractivity contribution in [3.63, 3.8) is 0 Å². The highest BCUT2D eigenvalue weighted by atomic mass is 16.5. The van der Waals surface area contributed by atoms with Gasteiger partial charge in [0.15, 0.2) is 0 Å². The van der Waals surface area contributed by atoms with Crippen molar-refractivity contribution >= 4 is 5.97 Å². The molecule has 0 saturated heterocycles. The summed E-state index contributed by atoms with van der Waals surface area (Å²) < 4.78 is 11.1. The van der Waals surface area contributed by atoms with E-state index in [-0.39, 0.29) is 17.5 Å². The number of hydrogen-bond donors (Lipinski definition) is 0. The summed E-state index contributed by atoms with van der Waals surface area (Å²) in [5.41, 5.74) is 2.69. The molecule has 32 heavy (non-hydrogen) atoms. The average molecular weight is 445 g/mol. The van der Waals surface area contributed by atoms with Crippen molar-refractivity contribution in [1.29, 1.82) is 0 Å². The van der Waals surface area contributed by atoms with Crippen molar-refractivity contribution in [3.8, 4) is 0 Å². The second-order valence-corrected chi connectivity index (χ2v) is 13.2. The molecule has 0 aromatic carbocycles. The van der Waals surface area contributed by atoms with Gasteiger partial charge in [-0.15, -0.1) is 0 Å². The van der Waals surface area contributed by atoms with Gasteiger partial charge < -0.3 is 9.47 Å². The number of ether oxygens (including phenoxy) is 2. The number of rotatable bonds is 6. The summed E-state index contributed by atoms with van der Waals surface area (Å²) in [4.78, 5) is 11.5. The van der Waals surface area contributed by atoms with Crippen LogP contribution in [0.25, 0.3) is 0 Å². The van der Waals surface area contributed by atoms with Gasteiger partial charge in [0.25, 0.3) is 0 Å². The molecule has 4 aliphatic rings. The molecule has 3 nitrogen and oxygen atoms in total. The maximum absolute atomic E-state index is 11.5. The molecule has 0 aromatic heterocycles. The van der Waals surface area contributed by atoms with E-state index in [0.717, 1.165) is 49.0 Å². The minimum atomic E-state index is -0.124. The van der Waals surface area contributed by atoms with Crippen molar-refractivity contribution in [1.82, 2.24) is 0 Å². The van der Waals surface area contributed by atoms with Gasteiger partial charge >= 0.3 is 5.97 Å². The van der Waals surface area contributed by atoms with Gasteiger partial charge in [-0.05, 0) is 97.2 Å². The molecule has 8 unspecified atom stereocenters. The standard InChI is InChI=1S/C29H48O3/c1-19(17-27(3,4)18-31-7)24-10-11-25-23-9-8-21-16-22(32-20(2)30)12-14-28(21,5)26(23)13-15-29(24,25)6/h8,19,22-26H,9-18H2,1-7H3. The van der Waals surface area contributed by atoms with Crippen molar-refractivity contribution in [3.05, 3.63) is 11.6 Å². The molecule has 4 rings (SSSR count). The van der Waals surface area contributed by atoms with Crippen molar-refractivity contribution in [2.24, 2.45) is 45.8 Å². The Morgan fingerprint density at radius 3 is 2.59 bits per heavy atom. The fourth-order valence-corrected chi connectivity index (χ4v) is 9.40. The van der Waals surface area contributed by atoms with E-state index in [4.69, 9.17) is 9.47 Å². The third-order valence-corrected chi connectivity index (χ3v) is 10.6. The maximum atomic E-state index is 11.5. The van der Waals surface area contributed by atoms with Crippen LogP contribution in [-0.2, 0) is 14.3 Å². The molecule has 0 bridgehead atoms. The Balaban J connectivity index is 1.50. The summed E-state index contributed by atoms with van der Waals surface area (Å²) in [7, 11) is 1.84. The molecule has 0 spiro atoms. The van der Waals surface area contributed by atoms with Crippen LogP contribution in [0.15, 0.2) is 11.6 Å². The summed E-state index contributed by atoms with van der Waals surface area (Å²) in [6, 6.07) is 0. The molecule has 0 aromatic rings. The van der Waals surface area contributed by atoms with Crippen LogP contribution in [0.4, 0.5) is 0 Å². The van der Waals surface area contributed by atoms with Gasteiger partial charge in [0.2, 0.25) is 0 Å². The molecule has 0 aliphatic heterocycles. The molecule has 0 N–H and O–H groups in total. The van der Waals surface area contributed by atoms with E-state index >= 15 is 0 Å². The highest BCUT2D eigenvalue weighted by molar-refractivity contribution is 5.66. The first kappa shape index (κ1) is 24.3. The second kappa shape index (κ2) is 8.75. The maximum Gasteiger partial charge on any atom is 0.302 e. The molecule has 3 heteroatoms. The van der Waals surface area contributed by atoms with E-state index in [0.29, 0.717) is 10.8 Å². The summed E-state index contributed by atoms with van der Waals surface area (Å²) in [6.45, 7) is 14.9. The second-order valence-electron chi connectivity index (χ2n) is 13.2. The van der Waals surface area contributed by atoms with Gasteiger partial charge in [-0.2, -0.15) is 0 Å². The number of allylic oxidation sites excluding steroid dienone is 1. The smallest absolute Gasteiger partial charge is 0.302 e. The normalized spacial score (nSPS) is 42.3. The zero-order chi connectivity index (χ0) is 23.3. The van der Waals surface area contributed by atoms with Crippen LogP contribution in [0.5, 0.6) is 0 Å². The largest absolute Gasteiger partial charge is 0.462 e. The number of fused-ring (bicyclic) bond motifs is 5. The summed E-state index contributed by atoms with van der Waals surface area (Å²) in [5, 5.41) is 0. The lowest BCUT2D eigenvalue weighted by Crippen LogP contribution is -2.51. The Bertz CT molecular complexity index is 739. The summed E-state index contributed by atoms with van der Waals surface area (Å²) in [5.74, 6) is 4.02. The third kappa shape index (κ3) is 4.21. The SMILES string of the molecule is COCC(C)(C)CC(C)C1CCC2C3CC=C4CC(OC(C)=O)CCC4(C)C3CCC12C. The quantitative estimate of drug-likeness (QED) is 0.321. The van der Waals surface area contributed by atoms with Gasteiger partial charge in [-0.25, -0.2) is 0 Å². The Morgan fingerprint density at radius 2 is 1.91 bits per heavy atom. The van der Waals surface area contributed by atoms with E-state index in [2.05, 4.69) is 40.7 Å². The third-order valence-electron chi connectivity index (χ3n) is 10.6. The minimum absolute atomic E-state index is 0.101. The van der Waals surface area contributed by atoms with Crippen LogP contribution < -0.4 is 0 Å². The molecule has 0 radical (unpaired) electrons. The topological polar surface area (TPSA) is 35.5 Å². The molecule has 0 heterocycles. The molecule has 8 atom stereocenters. The van der Waals surface area contributed by atoms with Gasteiger partial charge in [-0.3, -0.25) is 4.79 Å². The highest BCUT2D eigenvalue weighted by Gasteiger charge is 2.59. The fourth-order valence-electron chi connectivity index (χ4n) is 9.40. The molecule has 4 aliphatic carbocycles. The molecule has 3 saturated carbocycles. The first-order chi connectivity index (χ1) is 15.0. The van der Waals surface area contributed by atoms with Crippen molar-refractivity contribution in [2.45, 2.75) is 105 Å². The van der Waals surface area contributed by atoms with E-state index in [1.54, 1.807) is 12.5 Å². The van der Waals surface area contributed by atoms with Gasteiger partial charge in [0.05, 0.1) is 6.61 Å². The van der Waals surface area contributed by atoms with Crippen LogP contribution in [0.2, 0.25) is 0 Å². The van der Waals surface area contributed by atoms with Gasteiger partial charge in [0, 0.05) is 20.5 Å².